The highest BCUT2D eigenvalue weighted by molar-refractivity contribution is 6.12. The molecule has 0 amide bonds. The molecule has 0 radical (unpaired) electrons. The van der Waals surface area contributed by atoms with E-state index in [0.717, 1.165) is 27.4 Å². The molecule has 3 heterocycles. The van der Waals surface area contributed by atoms with Crippen LogP contribution in [-0.4, -0.2) is 15.0 Å². The summed E-state index contributed by atoms with van der Waals surface area (Å²) in [4.78, 5) is 12.9. The van der Waals surface area contributed by atoms with E-state index < -0.39 is 0 Å². The molecule has 0 aliphatic carbocycles. The Kier molecular flexibility index (Phi) is 2.42. The summed E-state index contributed by atoms with van der Waals surface area (Å²) >= 11 is 0. The second-order valence-electron chi connectivity index (χ2n) is 4.66. The van der Waals surface area contributed by atoms with E-state index in [4.69, 9.17) is 0 Å². The number of nitrogens with zero attached hydrogens (tertiary/aromatic N) is 3. The van der Waals surface area contributed by atoms with Gasteiger partial charge in [0.25, 0.3) is 0 Å². The van der Waals surface area contributed by atoms with Crippen LogP contribution in [0.15, 0.2) is 67.4 Å². The van der Waals surface area contributed by atoms with E-state index in [-0.39, 0.29) is 0 Å². The smallest absolute Gasteiger partial charge is 0.0708 e. The number of rotatable bonds is 1. The fourth-order valence-corrected chi connectivity index (χ4v) is 2.56. The summed E-state index contributed by atoms with van der Waals surface area (Å²) in [7, 11) is 0. The van der Waals surface area contributed by atoms with E-state index in [9.17, 15) is 0 Å². The van der Waals surface area contributed by atoms with Crippen molar-refractivity contribution in [1.29, 1.82) is 0 Å². The number of para-hydroxylation sites is 1. The van der Waals surface area contributed by atoms with Crippen LogP contribution in [0.4, 0.5) is 0 Å². The van der Waals surface area contributed by atoms with Crippen LogP contribution < -0.4 is 0 Å². The van der Waals surface area contributed by atoms with Crippen LogP contribution in [0.2, 0.25) is 0 Å². The number of pyridine rings is 3. The van der Waals surface area contributed by atoms with E-state index in [0.29, 0.717) is 0 Å². The Balaban J connectivity index is 2.19. The molecule has 4 aromatic rings. The molecule has 0 unspecified atom stereocenters. The van der Waals surface area contributed by atoms with E-state index in [1.165, 1.54) is 5.39 Å². The first-order valence-electron chi connectivity index (χ1n) is 6.45. The van der Waals surface area contributed by atoms with Crippen LogP contribution >= 0.6 is 0 Å². The van der Waals surface area contributed by atoms with Gasteiger partial charge in [-0.25, -0.2) is 0 Å². The van der Waals surface area contributed by atoms with Gasteiger partial charge in [0, 0.05) is 52.7 Å². The van der Waals surface area contributed by atoms with E-state index in [1.807, 2.05) is 48.9 Å². The fourth-order valence-electron chi connectivity index (χ4n) is 2.56. The number of hydrogen-bond donors (Lipinski definition) is 0. The molecule has 3 heteroatoms. The minimum absolute atomic E-state index is 1.00. The molecule has 0 fully saturated rings. The normalized spacial score (nSPS) is 11.0. The quantitative estimate of drug-likeness (QED) is 0.486. The number of fused-ring (bicyclic) bond motifs is 3. The van der Waals surface area contributed by atoms with Gasteiger partial charge in [0.1, 0.15) is 0 Å². The van der Waals surface area contributed by atoms with Gasteiger partial charge in [-0.15, -0.1) is 0 Å². The van der Waals surface area contributed by atoms with Gasteiger partial charge in [-0.3, -0.25) is 15.0 Å². The van der Waals surface area contributed by atoms with E-state index in [1.54, 1.807) is 12.4 Å². The maximum Gasteiger partial charge on any atom is 0.0708 e. The molecular formula is C17H11N3. The van der Waals surface area contributed by atoms with Gasteiger partial charge < -0.3 is 0 Å². The molecule has 0 saturated carbocycles. The van der Waals surface area contributed by atoms with Crippen LogP contribution in [0.25, 0.3) is 32.8 Å². The standard InChI is InChI=1S/C17H11N3/c1-2-4-16-14(3-1)17-13(10-20-16)9-19-11-15(17)12-5-7-18-8-6-12/h1-11H. The SMILES string of the molecule is c1ccc2c(c1)ncc1cncc(-c3ccncc3)c12. The Hall–Kier alpha value is -2.81. The molecule has 0 bridgehead atoms. The Morgan fingerprint density at radius 2 is 1.60 bits per heavy atom. The minimum Gasteiger partial charge on any atom is -0.265 e. The third kappa shape index (κ3) is 1.64. The largest absolute Gasteiger partial charge is 0.265 e. The van der Waals surface area contributed by atoms with Gasteiger partial charge in [-0.2, -0.15) is 0 Å². The number of hydrogen-bond acceptors (Lipinski definition) is 3. The fraction of sp³-hybridized carbons (Fsp3) is 0. The van der Waals surface area contributed by atoms with Crippen molar-refractivity contribution < 1.29 is 0 Å². The van der Waals surface area contributed by atoms with Gasteiger partial charge >= 0.3 is 0 Å². The predicted octanol–water partition coefficient (Wildman–Crippen LogP) is 3.85. The van der Waals surface area contributed by atoms with Crippen molar-refractivity contribution >= 4 is 21.7 Å². The van der Waals surface area contributed by atoms with Crippen molar-refractivity contribution in [2.24, 2.45) is 0 Å². The van der Waals surface area contributed by atoms with Gasteiger partial charge in [0.2, 0.25) is 0 Å². The Morgan fingerprint density at radius 3 is 2.50 bits per heavy atom. The molecule has 0 aliphatic rings. The van der Waals surface area contributed by atoms with E-state index in [2.05, 4.69) is 21.0 Å². The van der Waals surface area contributed by atoms with Gasteiger partial charge in [0.05, 0.1) is 5.52 Å². The van der Waals surface area contributed by atoms with Crippen LogP contribution in [0.1, 0.15) is 0 Å². The van der Waals surface area contributed by atoms with Crippen molar-refractivity contribution in [3.05, 3.63) is 67.4 Å². The maximum absolute atomic E-state index is 4.49. The van der Waals surface area contributed by atoms with E-state index >= 15 is 0 Å². The summed E-state index contributed by atoms with van der Waals surface area (Å²) in [6.45, 7) is 0. The number of aromatic nitrogens is 3. The maximum atomic E-state index is 4.49. The molecule has 0 spiro atoms. The lowest BCUT2D eigenvalue weighted by Crippen LogP contribution is -1.88. The molecule has 3 aromatic heterocycles. The zero-order valence-corrected chi connectivity index (χ0v) is 10.7. The zero-order valence-electron chi connectivity index (χ0n) is 10.7. The second kappa shape index (κ2) is 4.38. The van der Waals surface area contributed by atoms with Gasteiger partial charge in [0.15, 0.2) is 0 Å². The zero-order chi connectivity index (χ0) is 13.4. The Labute approximate surface area is 116 Å². The predicted molar refractivity (Wildman–Crippen MR) is 80.3 cm³/mol. The lowest BCUT2D eigenvalue weighted by Gasteiger charge is -2.08. The monoisotopic (exact) mass is 257 g/mol. The second-order valence-corrected chi connectivity index (χ2v) is 4.66. The molecule has 20 heavy (non-hydrogen) atoms. The molecule has 0 N–H and O–H groups in total. The van der Waals surface area contributed by atoms with Crippen molar-refractivity contribution in [2.75, 3.05) is 0 Å². The molecule has 94 valence electrons. The van der Waals surface area contributed by atoms with Crippen LogP contribution in [0.3, 0.4) is 0 Å². The van der Waals surface area contributed by atoms with Gasteiger partial charge in [-0.1, -0.05) is 18.2 Å². The highest BCUT2D eigenvalue weighted by Gasteiger charge is 2.08. The van der Waals surface area contributed by atoms with Gasteiger partial charge in [-0.05, 0) is 23.8 Å². The lowest BCUT2D eigenvalue weighted by atomic mass is 9.99. The Morgan fingerprint density at radius 1 is 0.750 bits per heavy atom. The summed E-state index contributed by atoms with van der Waals surface area (Å²) in [5.74, 6) is 0. The summed E-state index contributed by atoms with van der Waals surface area (Å²) in [6.07, 6.45) is 9.26. The first-order chi connectivity index (χ1) is 9.93. The molecule has 0 saturated heterocycles. The van der Waals surface area contributed by atoms with Crippen LogP contribution in [0.5, 0.6) is 0 Å². The Bertz CT molecular complexity index is 901. The minimum atomic E-state index is 1.00. The molecule has 4 rings (SSSR count). The topological polar surface area (TPSA) is 38.7 Å². The highest BCUT2D eigenvalue weighted by Crippen LogP contribution is 2.32. The summed E-state index contributed by atoms with van der Waals surface area (Å²) in [6, 6.07) is 12.2. The van der Waals surface area contributed by atoms with Crippen molar-refractivity contribution in [3.8, 4) is 11.1 Å². The molecule has 0 aliphatic heterocycles. The average Bonchev–Trinajstić information content (AvgIpc) is 2.55. The molecule has 0 atom stereocenters. The van der Waals surface area contributed by atoms with Crippen LogP contribution in [0, 0.1) is 0 Å². The summed E-state index contributed by atoms with van der Waals surface area (Å²) < 4.78 is 0. The molecule has 3 nitrogen and oxygen atoms in total. The summed E-state index contributed by atoms with van der Waals surface area (Å²) in [5, 5.41) is 3.40. The average molecular weight is 257 g/mol. The van der Waals surface area contributed by atoms with Crippen molar-refractivity contribution in [3.63, 3.8) is 0 Å². The van der Waals surface area contributed by atoms with Crippen molar-refractivity contribution in [1.82, 2.24) is 15.0 Å². The molecule has 1 aromatic carbocycles. The highest BCUT2D eigenvalue weighted by atomic mass is 14.7. The summed E-state index contributed by atoms with van der Waals surface area (Å²) in [5.41, 5.74) is 3.24. The third-order valence-corrected chi connectivity index (χ3v) is 3.48. The first kappa shape index (κ1) is 11.1. The molecular weight excluding hydrogens is 246 g/mol. The lowest BCUT2D eigenvalue weighted by molar-refractivity contribution is 1.31. The number of benzene rings is 1. The van der Waals surface area contributed by atoms with Crippen molar-refractivity contribution in [2.45, 2.75) is 0 Å². The van der Waals surface area contributed by atoms with Crippen LogP contribution in [-0.2, 0) is 0 Å². The first-order valence-corrected chi connectivity index (χ1v) is 6.45. The third-order valence-electron chi connectivity index (χ3n) is 3.48.